The Labute approximate surface area is 194 Å². The summed E-state index contributed by atoms with van der Waals surface area (Å²) in [4.78, 5) is 31.8. The molecule has 1 aromatic carbocycles. The number of nitrogens with one attached hydrogen (secondary N) is 1. The summed E-state index contributed by atoms with van der Waals surface area (Å²) in [5.41, 5.74) is 2.80. The molecule has 7 nitrogen and oxygen atoms in total. The van der Waals surface area contributed by atoms with Crippen LogP contribution in [0.3, 0.4) is 0 Å². The lowest BCUT2D eigenvalue weighted by Crippen LogP contribution is -2.34. The zero-order valence-corrected chi connectivity index (χ0v) is 19.2. The van der Waals surface area contributed by atoms with Crippen molar-refractivity contribution < 1.29 is 22.8 Å². The minimum absolute atomic E-state index is 0.121. The summed E-state index contributed by atoms with van der Waals surface area (Å²) in [6.07, 6.45) is -0.944. The Morgan fingerprint density at radius 3 is 2.47 bits per heavy atom. The molecule has 1 fully saturated rings. The summed E-state index contributed by atoms with van der Waals surface area (Å²) in [7, 11) is 0. The molecular formula is C24H26F3N5O2. The Morgan fingerprint density at radius 2 is 1.88 bits per heavy atom. The van der Waals surface area contributed by atoms with Gasteiger partial charge in [-0.2, -0.15) is 18.3 Å². The minimum Gasteiger partial charge on any atom is -0.343 e. The van der Waals surface area contributed by atoms with Gasteiger partial charge in [0.2, 0.25) is 0 Å². The summed E-state index contributed by atoms with van der Waals surface area (Å²) < 4.78 is 38.8. The van der Waals surface area contributed by atoms with E-state index in [4.69, 9.17) is 0 Å². The average molecular weight is 473 g/mol. The maximum Gasteiger partial charge on any atom is 0.405 e. The van der Waals surface area contributed by atoms with Gasteiger partial charge >= 0.3 is 6.18 Å². The molecule has 0 spiro atoms. The van der Waals surface area contributed by atoms with Gasteiger partial charge in [0.25, 0.3) is 11.8 Å². The lowest BCUT2D eigenvalue weighted by atomic mass is 10.1. The Bertz CT molecular complexity index is 1210. The summed E-state index contributed by atoms with van der Waals surface area (Å²) in [6.45, 7) is 4.79. The third-order valence-electron chi connectivity index (χ3n) is 5.75. The second-order valence-electron chi connectivity index (χ2n) is 8.88. The predicted molar refractivity (Wildman–Crippen MR) is 120 cm³/mol. The molecule has 1 aliphatic rings. The molecule has 0 radical (unpaired) electrons. The molecule has 0 aliphatic heterocycles. The number of aromatic nitrogens is 3. The van der Waals surface area contributed by atoms with Crippen molar-refractivity contribution in [2.24, 2.45) is 0 Å². The zero-order chi connectivity index (χ0) is 24.6. The first-order valence-corrected chi connectivity index (χ1v) is 11.1. The van der Waals surface area contributed by atoms with Gasteiger partial charge in [-0.05, 0) is 57.4 Å². The minimum atomic E-state index is -4.47. The lowest BCUT2D eigenvalue weighted by molar-refractivity contribution is -0.123. The molecule has 1 N–H and O–H groups in total. The van der Waals surface area contributed by atoms with Gasteiger partial charge in [-0.1, -0.05) is 12.1 Å². The van der Waals surface area contributed by atoms with Crippen LogP contribution in [0.15, 0.2) is 36.5 Å². The van der Waals surface area contributed by atoms with Crippen molar-refractivity contribution in [3.8, 4) is 0 Å². The van der Waals surface area contributed by atoms with E-state index in [1.54, 1.807) is 23.2 Å². The molecule has 0 bridgehead atoms. The second-order valence-corrected chi connectivity index (χ2v) is 8.88. The highest BCUT2D eigenvalue weighted by molar-refractivity contribution is 5.98. The van der Waals surface area contributed by atoms with E-state index >= 15 is 0 Å². The topological polar surface area (TPSA) is 80.1 Å². The maximum absolute atomic E-state index is 13.5. The van der Waals surface area contributed by atoms with Gasteiger partial charge in [-0.15, -0.1) is 0 Å². The quantitative estimate of drug-likeness (QED) is 0.551. The number of carbonyl (C=O) groups is 2. The Hall–Kier alpha value is -3.43. The summed E-state index contributed by atoms with van der Waals surface area (Å²) in [5.74, 6) is -0.922. The number of aryl methyl sites for hydroxylation is 1. The van der Waals surface area contributed by atoms with Crippen molar-refractivity contribution >= 4 is 22.8 Å². The van der Waals surface area contributed by atoms with E-state index in [0.29, 0.717) is 17.8 Å². The first kappa shape index (κ1) is 23.7. The van der Waals surface area contributed by atoms with Crippen LogP contribution < -0.4 is 5.32 Å². The summed E-state index contributed by atoms with van der Waals surface area (Å²) in [6, 6.07) is 8.35. The molecule has 2 amide bonds. The van der Waals surface area contributed by atoms with Crippen LogP contribution in [0.4, 0.5) is 13.2 Å². The number of amides is 2. The fourth-order valence-corrected chi connectivity index (χ4v) is 3.81. The first-order chi connectivity index (χ1) is 16.0. The van der Waals surface area contributed by atoms with Crippen molar-refractivity contribution in [1.29, 1.82) is 0 Å². The van der Waals surface area contributed by atoms with Crippen LogP contribution in [0.1, 0.15) is 64.7 Å². The number of nitrogens with zero attached hydrogens (tertiary/aromatic N) is 4. The van der Waals surface area contributed by atoms with Gasteiger partial charge < -0.3 is 10.2 Å². The van der Waals surface area contributed by atoms with Crippen molar-refractivity contribution in [3.63, 3.8) is 0 Å². The van der Waals surface area contributed by atoms with Crippen molar-refractivity contribution in [2.45, 2.75) is 58.4 Å². The summed E-state index contributed by atoms with van der Waals surface area (Å²) in [5, 5.41) is 7.03. The van der Waals surface area contributed by atoms with E-state index in [9.17, 15) is 22.8 Å². The number of benzene rings is 1. The Balaban J connectivity index is 1.51. The maximum atomic E-state index is 13.5. The number of fused-ring (bicyclic) bond motifs is 1. The largest absolute Gasteiger partial charge is 0.405 e. The second kappa shape index (κ2) is 9.08. The number of halogens is 3. The molecule has 2 heterocycles. The van der Waals surface area contributed by atoms with Crippen LogP contribution in [0.2, 0.25) is 0 Å². The molecule has 2 aromatic heterocycles. The third-order valence-corrected chi connectivity index (χ3v) is 5.75. The fourth-order valence-electron chi connectivity index (χ4n) is 3.81. The van der Waals surface area contributed by atoms with Gasteiger partial charge in [0.15, 0.2) is 5.65 Å². The van der Waals surface area contributed by atoms with E-state index in [1.165, 1.54) is 12.1 Å². The van der Waals surface area contributed by atoms with E-state index in [1.807, 2.05) is 36.8 Å². The number of alkyl halides is 3. The lowest BCUT2D eigenvalue weighted by Gasteiger charge is -2.23. The molecule has 0 unspecified atom stereocenters. The average Bonchev–Trinajstić information content (AvgIpc) is 3.53. The standard InChI is InChI=1S/C24H26F3N5O2/c1-14(2)32-21-18(11-29-32)10-20(15(3)30-21)23(34)31(19-8-9-19)12-16-4-6-17(7-5-16)22(33)28-13-24(25,26)27/h4-7,10-11,14,19H,8-9,12-13H2,1-3H3,(H,28,33). The van der Waals surface area contributed by atoms with Crippen molar-refractivity contribution in [3.05, 3.63) is 58.9 Å². The molecule has 0 saturated heterocycles. The van der Waals surface area contributed by atoms with Crippen LogP contribution in [0.25, 0.3) is 11.0 Å². The third kappa shape index (κ3) is 5.21. The van der Waals surface area contributed by atoms with Crippen LogP contribution in [-0.2, 0) is 6.54 Å². The number of pyridine rings is 1. The van der Waals surface area contributed by atoms with Gasteiger partial charge in [-0.3, -0.25) is 9.59 Å². The first-order valence-electron chi connectivity index (χ1n) is 11.1. The number of hydrogen-bond acceptors (Lipinski definition) is 4. The van der Waals surface area contributed by atoms with Crippen LogP contribution in [0.5, 0.6) is 0 Å². The normalized spacial score (nSPS) is 14.0. The van der Waals surface area contributed by atoms with E-state index in [2.05, 4.69) is 10.1 Å². The molecule has 3 aromatic rings. The molecule has 0 atom stereocenters. The monoisotopic (exact) mass is 473 g/mol. The molecule has 1 aliphatic carbocycles. The van der Waals surface area contributed by atoms with E-state index in [0.717, 1.165) is 29.4 Å². The molecule has 34 heavy (non-hydrogen) atoms. The van der Waals surface area contributed by atoms with Crippen LogP contribution in [-0.4, -0.2) is 50.2 Å². The summed E-state index contributed by atoms with van der Waals surface area (Å²) >= 11 is 0. The molecule has 180 valence electrons. The fraction of sp³-hybridized carbons (Fsp3) is 0.417. The van der Waals surface area contributed by atoms with Gasteiger partial charge in [0.05, 0.1) is 17.5 Å². The van der Waals surface area contributed by atoms with Crippen molar-refractivity contribution in [2.75, 3.05) is 6.54 Å². The highest BCUT2D eigenvalue weighted by atomic mass is 19.4. The highest BCUT2D eigenvalue weighted by Crippen LogP contribution is 2.31. The number of hydrogen-bond donors (Lipinski definition) is 1. The van der Waals surface area contributed by atoms with Crippen molar-refractivity contribution in [1.82, 2.24) is 25.0 Å². The van der Waals surface area contributed by atoms with Crippen LogP contribution >= 0.6 is 0 Å². The Morgan fingerprint density at radius 1 is 1.21 bits per heavy atom. The smallest absolute Gasteiger partial charge is 0.343 e. The number of carbonyl (C=O) groups excluding carboxylic acids is 2. The molecule has 4 rings (SSSR count). The molecule has 10 heteroatoms. The SMILES string of the molecule is Cc1nc2c(cnn2C(C)C)cc1C(=O)N(Cc1ccc(C(=O)NCC(F)(F)F)cc1)C1CC1. The van der Waals surface area contributed by atoms with Crippen LogP contribution in [0, 0.1) is 6.92 Å². The Kier molecular flexibility index (Phi) is 6.33. The van der Waals surface area contributed by atoms with Gasteiger partial charge in [0, 0.05) is 29.6 Å². The predicted octanol–water partition coefficient (Wildman–Crippen LogP) is 4.42. The molecule has 1 saturated carbocycles. The molecular weight excluding hydrogens is 447 g/mol. The van der Waals surface area contributed by atoms with E-state index in [-0.39, 0.29) is 23.6 Å². The van der Waals surface area contributed by atoms with Gasteiger partial charge in [-0.25, -0.2) is 9.67 Å². The number of rotatable bonds is 7. The van der Waals surface area contributed by atoms with Gasteiger partial charge in [0.1, 0.15) is 6.54 Å². The van der Waals surface area contributed by atoms with E-state index < -0.39 is 18.6 Å². The highest BCUT2D eigenvalue weighted by Gasteiger charge is 2.34. The zero-order valence-electron chi connectivity index (χ0n) is 19.2.